The number of nitrogens with zero attached hydrogens (tertiary/aromatic N) is 2. The zero-order valence-electron chi connectivity index (χ0n) is 73.2. The van der Waals surface area contributed by atoms with E-state index in [4.69, 9.17) is 12.8 Å². The molecule has 2 aromatic rings. The van der Waals surface area contributed by atoms with Gasteiger partial charge in [-0.2, -0.15) is 0 Å². The van der Waals surface area contributed by atoms with Crippen LogP contribution in [0.2, 0.25) is 0 Å². The Morgan fingerprint density at radius 2 is 0.467 bits per heavy atom. The van der Waals surface area contributed by atoms with Crippen molar-refractivity contribution < 1.29 is 21.2 Å². The quantitative estimate of drug-likeness (QED) is 0.0207. The van der Waals surface area contributed by atoms with E-state index in [9.17, 15) is 5.53 Å². The van der Waals surface area contributed by atoms with Gasteiger partial charge in [0.2, 0.25) is 11.4 Å². The number of hydrogen-bond donors (Lipinski definition) is 0. The maximum absolute atomic E-state index is 13.2. The summed E-state index contributed by atoms with van der Waals surface area (Å²) in [6.45, 7) is 18.4. The largest absolute Gasteiger partial charge is 2.00 e. The Hall–Kier alpha value is -3.13. The maximum atomic E-state index is 13.2. The molecule has 2 nitrogen and oxygen atoms in total. The minimum atomic E-state index is 0. The number of benzene rings is 2. The molecule has 0 saturated carbocycles. The standard InChI is InChI=1S/C84H146N2.2C10H17.Ni/c1-7-13-19-23-26-29-32-35-38-41-44-47-50-53-56-62-68-82-81(67-61-22-16-10-4)83(79-71-75(63-57-17-11-5)69-77(73-79)65-59-54-51-48-45-42-39-36-33-30-27-24-20-14-8-2)86(85)84(82)80-72-76(64-58-18-12-6)70-78(74-80)66-60-55-52-49-46-43-40-37-34-31-28-25-21-15-9-3;2*1-3-5-7-9-10-8-6-4-2;/h62,68-74H,7-61,63-67H2,1-6H3;2*3,5-10H2,1H3;/q;2*-1;+2. The second-order valence-corrected chi connectivity index (χ2v) is 33.3. The van der Waals surface area contributed by atoms with Gasteiger partial charge in [0.05, 0.1) is 5.57 Å². The second kappa shape index (κ2) is 82.3. The summed E-state index contributed by atoms with van der Waals surface area (Å²) in [6.07, 6.45) is 116. The molecule has 0 aromatic heterocycles. The molecular formula is C104H180N2Ni. The van der Waals surface area contributed by atoms with E-state index in [-0.39, 0.29) is 16.5 Å². The van der Waals surface area contributed by atoms with Gasteiger partial charge in [-0.25, -0.2) is 4.70 Å². The van der Waals surface area contributed by atoms with Crippen molar-refractivity contribution in [3.05, 3.63) is 111 Å². The molecule has 3 rings (SSSR count). The molecule has 0 radical (unpaired) electrons. The molecule has 0 fully saturated rings. The van der Waals surface area contributed by atoms with Crippen LogP contribution < -0.4 is 0 Å². The average molecular weight is 1520 g/mol. The van der Waals surface area contributed by atoms with E-state index in [0.29, 0.717) is 0 Å². The summed E-state index contributed by atoms with van der Waals surface area (Å²) in [5, 5.41) is 0. The van der Waals surface area contributed by atoms with E-state index in [2.05, 4.69) is 116 Å². The van der Waals surface area contributed by atoms with Crippen LogP contribution in [-0.4, -0.2) is 4.70 Å². The van der Waals surface area contributed by atoms with Crippen LogP contribution in [0.5, 0.6) is 0 Å². The Kier molecular flexibility index (Phi) is 79.9. The van der Waals surface area contributed by atoms with Crippen molar-refractivity contribution in [2.24, 2.45) is 0 Å². The molecular weight excluding hydrogens is 1340 g/mol. The monoisotopic (exact) mass is 1520 g/mol. The molecule has 3 heteroatoms. The molecule has 0 N–H and O–H groups in total. The van der Waals surface area contributed by atoms with E-state index in [1.165, 1.54) is 449 Å². The third kappa shape index (κ3) is 61.1. The van der Waals surface area contributed by atoms with Gasteiger partial charge in [-0.1, -0.05) is 452 Å². The van der Waals surface area contributed by atoms with Gasteiger partial charge in [-0.05, 0) is 149 Å². The molecule has 1 aliphatic heterocycles. The summed E-state index contributed by atoms with van der Waals surface area (Å²) < 4.78 is 1.73. The van der Waals surface area contributed by atoms with Crippen LogP contribution >= 0.6 is 0 Å². The van der Waals surface area contributed by atoms with E-state index in [1.54, 1.807) is 4.70 Å². The fraction of sp³-hybridized carbons (Fsp3) is 0.788. The van der Waals surface area contributed by atoms with E-state index < -0.39 is 0 Å². The Bertz CT molecular complexity index is 2410. The first kappa shape index (κ1) is 104. The SMILES string of the molecule is CCCCCCCCCCCCCCCCC=CC1=C(c2cc(CCCCC)cc(CCCCCCCCCCCCCCCCC)c2)[N+](=[N-])C(c2cc(CCCCC)cc(CCCCCCCCCCCCCCCCC)c2)=C1CCCCCC.[C-]#CCCCCCCCC.[C-]#CCCCCCCCC.[Ni+2]. The Balaban J connectivity index is 0.00000464. The van der Waals surface area contributed by atoms with Crippen molar-refractivity contribution in [3.63, 3.8) is 0 Å². The second-order valence-electron chi connectivity index (χ2n) is 33.3. The molecule has 1 aliphatic rings. The summed E-state index contributed by atoms with van der Waals surface area (Å²) in [5.41, 5.74) is 26.4. The summed E-state index contributed by atoms with van der Waals surface area (Å²) in [7, 11) is 0. The molecule has 0 saturated heterocycles. The minimum absolute atomic E-state index is 0. The molecule has 0 spiro atoms. The summed E-state index contributed by atoms with van der Waals surface area (Å²) in [6, 6.07) is 15.1. The fourth-order valence-corrected chi connectivity index (χ4v) is 15.9. The van der Waals surface area contributed by atoms with Gasteiger partial charge >= 0.3 is 16.5 Å². The number of rotatable bonds is 75. The first-order valence-electron chi connectivity index (χ1n) is 48.0. The third-order valence-corrected chi connectivity index (χ3v) is 22.8. The van der Waals surface area contributed by atoms with Crippen LogP contribution in [0.4, 0.5) is 0 Å². The molecule has 0 unspecified atom stereocenters. The van der Waals surface area contributed by atoms with Crippen LogP contribution in [0.25, 0.3) is 16.9 Å². The molecule has 0 bridgehead atoms. The number of unbranched alkanes of at least 4 members (excludes halogenated alkanes) is 61. The van der Waals surface area contributed by atoms with Gasteiger partial charge in [0.1, 0.15) is 0 Å². The molecule has 616 valence electrons. The number of hydrogen-bond acceptors (Lipinski definition) is 0. The van der Waals surface area contributed by atoms with Crippen LogP contribution in [-0.2, 0) is 42.2 Å². The van der Waals surface area contributed by atoms with Crippen LogP contribution in [0.1, 0.15) is 538 Å². The molecule has 0 aliphatic carbocycles. The van der Waals surface area contributed by atoms with Crippen LogP contribution in [0.15, 0.2) is 59.7 Å². The van der Waals surface area contributed by atoms with Gasteiger partial charge in [-0.3, -0.25) is 0 Å². The topological polar surface area (TPSA) is 25.3 Å². The number of aryl methyl sites for hydroxylation is 4. The predicted molar refractivity (Wildman–Crippen MR) is 477 cm³/mol. The Labute approximate surface area is 681 Å². The van der Waals surface area contributed by atoms with Crippen molar-refractivity contribution in [1.29, 1.82) is 0 Å². The van der Waals surface area contributed by atoms with Gasteiger partial charge in [-0.15, -0.1) is 0 Å². The van der Waals surface area contributed by atoms with Crippen molar-refractivity contribution >= 4 is 11.4 Å². The van der Waals surface area contributed by atoms with Gasteiger partial charge in [0.25, 0.3) is 0 Å². The molecule has 0 amide bonds. The maximum Gasteiger partial charge on any atom is 2.00 e. The first-order chi connectivity index (χ1) is 52.3. The van der Waals surface area contributed by atoms with Gasteiger partial charge < -0.3 is 30.2 Å². The van der Waals surface area contributed by atoms with Crippen molar-refractivity contribution in [2.75, 3.05) is 0 Å². The molecule has 1 heterocycles. The zero-order valence-corrected chi connectivity index (χ0v) is 74.1. The van der Waals surface area contributed by atoms with Crippen molar-refractivity contribution in [3.8, 4) is 11.8 Å². The smallest absolute Gasteiger partial charge is 0.694 e. The minimum Gasteiger partial charge on any atom is -0.694 e. The summed E-state index contributed by atoms with van der Waals surface area (Å²) in [4.78, 5) is 0. The average Bonchev–Trinajstić information content (AvgIpc) is 1.61. The van der Waals surface area contributed by atoms with E-state index >= 15 is 0 Å². The van der Waals surface area contributed by atoms with Gasteiger partial charge in [0, 0.05) is 16.7 Å². The van der Waals surface area contributed by atoms with Crippen molar-refractivity contribution in [2.45, 2.75) is 531 Å². The summed E-state index contributed by atoms with van der Waals surface area (Å²) in [5.74, 6) is 4.82. The molecule has 2 aromatic carbocycles. The van der Waals surface area contributed by atoms with Crippen LogP contribution in [0.3, 0.4) is 0 Å². The molecule has 0 atom stereocenters. The fourth-order valence-electron chi connectivity index (χ4n) is 15.9. The van der Waals surface area contributed by atoms with E-state index in [1.807, 2.05) is 0 Å². The zero-order chi connectivity index (χ0) is 76.7. The Morgan fingerprint density at radius 3 is 0.738 bits per heavy atom. The van der Waals surface area contributed by atoms with Crippen LogP contribution in [0, 0.1) is 24.7 Å². The molecule has 107 heavy (non-hydrogen) atoms. The normalized spacial score (nSPS) is 12.1. The predicted octanol–water partition coefficient (Wildman–Crippen LogP) is 36.2. The first-order valence-corrected chi connectivity index (χ1v) is 48.0. The van der Waals surface area contributed by atoms with E-state index in [0.717, 1.165) is 82.0 Å². The number of allylic oxidation sites excluding steroid dienone is 4. The third-order valence-electron chi connectivity index (χ3n) is 22.8. The Morgan fingerprint density at radius 1 is 0.262 bits per heavy atom. The van der Waals surface area contributed by atoms with Crippen molar-refractivity contribution in [1.82, 2.24) is 0 Å². The van der Waals surface area contributed by atoms with Gasteiger partial charge in [0.15, 0.2) is 0 Å². The summed E-state index contributed by atoms with van der Waals surface area (Å²) >= 11 is 0.